The van der Waals surface area contributed by atoms with E-state index in [1.54, 1.807) is 0 Å². The molecule has 1 heterocycles. The topological polar surface area (TPSA) is 26.0 Å². The van der Waals surface area contributed by atoms with Crippen LogP contribution in [-0.4, -0.2) is 4.98 Å². The minimum Gasteiger partial charge on any atom is -0.443 e. The molecular weight excluding hydrogens is 171 g/mol. The number of rotatable bonds is 0. The fourth-order valence-electron chi connectivity index (χ4n) is 0.910. The van der Waals surface area contributed by atoms with Crippen molar-refractivity contribution in [3.63, 3.8) is 0 Å². The van der Waals surface area contributed by atoms with Crippen LogP contribution in [0.4, 0.5) is 13.2 Å². The number of hydrogen-bond donors (Lipinski definition) is 0. The third kappa shape index (κ3) is 0.792. The lowest BCUT2D eigenvalue weighted by Crippen LogP contribution is -1.90. The monoisotopic (exact) mass is 173 g/mol. The molecule has 0 radical (unpaired) electrons. The lowest BCUT2D eigenvalue weighted by atomic mass is 10.3. The smallest absolute Gasteiger partial charge is 0.196 e. The van der Waals surface area contributed by atoms with Crippen molar-refractivity contribution in [1.82, 2.24) is 4.98 Å². The van der Waals surface area contributed by atoms with Gasteiger partial charge in [-0.2, -0.15) is 0 Å². The highest BCUT2D eigenvalue weighted by Crippen LogP contribution is 2.21. The van der Waals surface area contributed by atoms with E-state index in [-0.39, 0.29) is 11.1 Å². The van der Waals surface area contributed by atoms with Crippen LogP contribution in [0.1, 0.15) is 0 Å². The third-order valence-corrected chi connectivity index (χ3v) is 1.46. The zero-order valence-corrected chi connectivity index (χ0v) is 5.64. The first-order chi connectivity index (χ1) is 5.70. The molecule has 0 N–H and O–H groups in total. The first kappa shape index (κ1) is 7.15. The van der Waals surface area contributed by atoms with Crippen molar-refractivity contribution in [2.45, 2.75) is 0 Å². The Hall–Kier alpha value is -1.52. The lowest BCUT2D eigenvalue weighted by molar-refractivity contribution is 0.451. The Bertz CT molecular complexity index is 437. The quantitative estimate of drug-likeness (QED) is 0.571. The van der Waals surface area contributed by atoms with Crippen molar-refractivity contribution in [2.75, 3.05) is 0 Å². The van der Waals surface area contributed by atoms with Crippen LogP contribution in [0, 0.1) is 17.5 Å². The maximum absolute atomic E-state index is 12.8. The molecule has 0 aliphatic carbocycles. The average Bonchev–Trinajstić information content (AvgIpc) is 2.48. The van der Waals surface area contributed by atoms with E-state index in [9.17, 15) is 13.2 Å². The summed E-state index contributed by atoms with van der Waals surface area (Å²) in [6, 6.07) is 0.751. The van der Waals surface area contributed by atoms with Crippen LogP contribution < -0.4 is 0 Å². The van der Waals surface area contributed by atoms with E-state index in [0.29, 0.717) is 0 Å². The fourth-order valence-corrected chi connectivity index (χ4v) is 0.910. The summed E-state index contributed by atoms with van der Waals surface area (Å²) in [7, 11) is 0. The number of aromatic nitrogens is 1. The molecule has 1 aromatic heterocycles. The number of fused-ring (bicyclic) bond motifs is 1. The molecule has 2 aromatic rings. The first-order valence-corrected chi connectivity index (χ1v) is 3.07. The van der Waals surface area contributed by atoms with Crippen molar-refractivity contribution in [2.24, 2.45) is 0 Å². The van der Waals surface area contributed by atoms with Gasteiger partial charge in [-0.05, 0) is 0 Å². The van der Waals surface area contributed by atoms with E-state index in [1.807, 2.05) is 0 Å². The molecule has 0 aliphatic heterocycles. The maximum Gasteiger partial charge on any atom is 0.196 e. The van der Waals surface area contributed by atoms with Crippen molar-refractivity contribution in [1.29, 1.82) is 0 Å². The van der Waals surface area contributed by atoms with E-state index in [1.165, 1.54) is 0 Å². The Morgan fingerprint density at radius 3 is 2.67 bits per heavy atom. The second-order valence-corrected chi connectivity index (χ2v) is 2.19. The highest BCUT2D eigenvalue weighted by molar-refractivity contribution is 5.72. The molecule has 0 amide bonds. The second-order valence-electron chi connectivity index (χ2n) is 2.19. The zero-order chi connectivity index (χ0) is 8.72. The molecule has 0 saturated heterocycles. The van der Waals surface area contributed by atoms with Gasteiger partial charge in [0.15, 0.2) is 29.4 Å². The van der Waals surface area contributed by atoms with Crippen LogP contribution in [0.25, 0.3) is 11.1 Å². The van der Waals surface area contributed by atoms with Crippen LogP contribution in [0.3, 0.4) is 0 Å². The summed E-state index contributed by atoms with van der Waals surface area (Å²) in [5, 5.41) is 0. The van der Waals surface area contributed by atoms with Gasteiger partial charge in [-0.25, -0.2) is 18.2 Å². The molecule has 0 saturated carbocycles. The largest absolute Gasteiger partial charge is 0.443 e. The molecule has 1 aromatic carbocycles. The van der Waals surface area contributed by atoms with Crippen LogP contribution in [-0.2, 0) is 0 Å². The van der Waals surface area contributed by atoms with Gasteiger partial charge < -0.3 is 4.42 Å². The predicted octanol–water partition coefficient (Wildman–Crippen LogP) is 2.25. The normalized spacial score (nSPS) is 10.9. The molecule has 0 unspecified atom stereocenters. The van der Waals surface area contributed by atoms with E-state index in [2.05, 4.69) is 9.40 Å². The average molecular weight is 173 g/mol. The predicted molar refractivity (Wildman–Crippen MR) is 33.9 cm³/mol. The molecular formula is C7H2F3NO. The Balaban J connectivity index is 2.94. The molecule has 0 aliphatic rings. The van der Waals surface area contributed by atoms with Crippen LogP contribution in [0.2, 0.25) is 0 Å². The van der Waals surface area contributed by atoms with E-state index in [4.69, 9.17) is 0 Å². The van der Waals surface area contributed by atoms with Crippen LogP contribution in [0.5, 0.6) is 0 Å². The number of hydrogen-bond acceptors (Lipinski definition) is 2. The van der Waals surface area contributed by atoms with Gasteiger partial charge in [0.2, 0.25) is 0 Å². The molecule has 0 atom stereocenters. The highest BCUT2D eigenvalue weighted by Gasteiger charge is 2.15. The molecule has 5 heteroatoms. The summed E-state index contributed by atoms with van der Waals surface area (Å²) >= 11 is 0. The Kier molecular flexibility index (Phi) is 1.33. The molecule has 0 spiro atoms. The van der Waals surface area contributed by atoms with Gasteiger partial charge in [-0.1, -0.05) is 0 Å². The Morgan fingerprint density at radius 2 is 1.92 bits per heavy atom. The van der Waals surface area contributed by atoms with Crippen molar-refractivity contribution < 1.29 is 17.6 Å². The molecule has 12 heavy (non-hydrogen) atoms. The van der Waals surface area contributed by atoms with Crippen molar-refractivity contribution in [3.05, 3.63) is 29.9 Å². The summed E-state index contributed by atoms with van der Waals surface area (Å²) in [5.41, 5.74) is -0.402. The van der Waals surface area contributed by atoms with Gasteiger partial charge in [0.05, 0.1) is 0 Å². The van der Waals surface area contributed by atoms with Gasteiger partial charge in [-0.3, -0.25) is 0 Å². The maximum atomic E-state index is 12.8. The number of nitrogens with zero attached hydrogens (tertiary/aromatic N) is 1. The minimum atomic E-state index is -1.53. The van der Waals surface area contributed by atoms with E-state index >= 15 is 0 Å². The van der Waals surface area contributed by atoms with Gasteiger partial charge in [-0.15, -0.1) is 0 Å². The molecule has 0 bridgehead atoms. The minimum absolute atomic E-state index is 0.105. The highest BCUT2D eigenvalue weighted by atomic mass is 19.2. The lowest BCUT2D eigenvalue weighted by Gasteiger charge is -1.93. The number of benzene rings is 1. The summed E-state index contributed by atoms with van der Waals surface area (Å²) in [4.78, 5) is 3.37. The first-order valence-electron chi connectivity index (χ1n) is 3.07. The van der Waals surface area contributed by atoms with Crippen LogP contribution >= 0.6 is 0 Å². The molecule has 2 nitrogen and oxygen atoms in total. The van der Waals surface area contributed by atoms with Gasteiger partial charge in [0.25, 0.3) is 0 Å². The fraction of sp³-hybridized carbons (Fsp3) is 0. The summed E-state index contributed by atoms with van der Waals surface area (Å²) in [6.45, 7) is 0. The Labute approximate surface area is 64.6 Å². The van der Waals surface area contributed by atoms with Crippen molar-refractivity contribution in [3.8, 4) is 0 Å². The van der Waals surface area contributed by atoms with Gasteiger partial charge in [0, 0.05) is 6.07 Å². The summed E-state index contributed by atoms with van der Waals surface area (Å²) in [6.07, 6.45) is 0.923. The SMILES string of the molecule is Fc1cc2ocnc2c(F)c1F. The summed E-state index contributed by atoms with van der Waals surface area (Å²) < 4.78 is 42.3. The van der Waals surface area contributed by atoms with E-state index < -0.39 is 17.5 Å². The van der Waals surface area contributed by atoms with Gasteiger partial charge in [0.1, 0.15) is 5.52 Å². The van der Waals surface area contributed by atoms with Gasteiger partial charge >= 0.3 is 0 Å². The van der Waals surface area contributed by atoms with Crippen LogP contribution in [0.15, 0.2) is 16.9 Å². The van der Waals surface area contributed by atoms with E-state index in [0.717, 1.165) is 12.5 Å². The summed E-state index contributed by atoms with van der Waals surface area (Å²) in [5.74, 6) is -4.13. The molecule has 62 valence electrons. The number of oxazole rings is 1. The van der Waals surface area contributed by atoms with Crippen molar-refractivity contribution >= 4 is 11.1 Å². The Morgan fingerprint density at radius 1 is 1.17 bits per heavy atom. The molecule has 0 fully saturated rings. The molecule has 2 rings (SSSR count). The second kappa shape index (κ2) is 2.23. The third-order valence-electron chi connectivity index (χ3n) is 1.46. The number of halogens is 3. The zero-order valence-electron chi connectivity index (χ0n) is 5.64. The standard InChI is InChI=1S/C7H2F3NO/c8-3-1-4-7(11-2-12-4)6(10)5(3)9/h1-2H.